The van der Waals surface area contributed by atoms with E-state index in [0.717, 1.165) is 24.4 Å². The van der Waals surface area contributed by atoms with E-state index in [1.165, 1.54) is 11.8 Å². The van der Waals surface area contributed by atoms with Gasteiger partial charge in [-0.05, 0) is 49.2 Å². The van der Waals surface area contributed by atoms with E-state index >= 15 is 0 Å². The Hall–Kier alpha value is -3.13. The molecule has 3 aromatic rings. The number of nitrogens with zero attached hydrogens (tertiary/aromatic N) is 3. The average molecular weight is 393 g/mol. The summed E-state index contributed by atoms with van der Waals surface area (Å²) in [5.41, 5.74) is 7.23. The second-order valence-electron chi connectivity index (χ2n) is 6.56. The number of para-hydroxylation sites is 1. The normalized spacial score (nSPS) is 13.3. The number of hydrogen-bond acceptors (Lipinski definition) is 5. The van der Waals surface area contributed by atoms with Gasteiger partial charge in [-0.1, -0.05) is 30.0 Å². The smallest absolute Gasteiger partial charge is 0.248 e. The van der Waals surface area contributed by atoms with Crippen LogP contribution in [0.2, 0.25) is 0 Å². The number of carbonyl (C=O) groups is 2. The van der Waals surface area contributed by atoms with E-state index in [4.69, 9.17) is 5.73 Å². The van der Waals surface area contributed by atoms with Gasteiger partial charge in [0.05, 0.1) is 5.75 Å². The van der Waals surface area contributed by atoms with Crippen LogP contribution < -0.4 is 11.1 Å². The number of carbonyl (C=O) groups excluding carboxylic acids is 2. The first-order chi connectivity index (χ1) is 13.6. The van der Waals surface area contributed by atoms with Gasteiger partial charge in [0.2, 0.25) is 11.8 Å². The summed E-state index contributed by atoms with van der Waals surface area (Å²) in [4.78, 5) is 23.4. The minimum atomic E-state index is -0.500. The monoisotopic (exact) mass is 393 g/mol. The van der Waals surface area contributed by atoms with Crippen LogP contribution in [-0.2, 0) is 4.79 Å². The van der Waals surface area contributed by atoms with Crippen molar-refractivity contribution in [2.75, 3.05) is 11.1 Å². The Bertz CT molecular complexity index is 997. The molecule has 8 heteroatoms. The van der Waals surface area contributed by atoms with Crippen LogP contribution in [0, 0.1) is 0 Å². The first kappa shape index (κ1) is 18.2. The summed E-state index contributed by atoms with van der Waals surface area (Å²) >= 11 is 1.35. The van der Waals surface area contributed by atoms with Gasteiger partial charge in [0.15, 0.2) is 5.16 Å². The molecule has 1 saturated carbocycles. The number of thioether (sulfide) groups is 1. The van der Waals surface area contributed by atoms with Gasteiger partial charge >= 0.3 is 0 Å². The Labute approximate surface area is 166 Å². The maximum absolute atomic E-state index is 12.3. The lowest BCUT2D eigenvalue weighted by atomic mass is 10.2. The number of rotatable bonds is 7. The summed E-state index contributed by atoms with van der Waals surface area (Å²) in [6.07, 6.45) is 2.24. The minimum Gasteiger partial charge on any atom is -0.366 e. The zero-order valence-corrected chi connectivity index (χ0v) is 15.9. The molecule has 7 nitrogen and oxygen atoms in total. The highest BCUT2D eigenvalue weighted by Gasteiger charge is 2.31. The third-order valence-corrected chi connectivity index (χ3v) is 5.33. The summed E-state index contributed by atoms with van der Waals surface area (Å²) in [7, 11) is 0. The van der Waals surface area contributed by atoms with E-state index in [1.54, 1.807) is 24.3 Å². The SMILES string of the molecule is NC(=O)c1ccc(NC(=O)CSc2nnc(C3CC3)n2-c2ccccc2)cc1. The quantitative estimate of drug-likeness (QED) is 0.601. The third-order valence-electron chi connectivity index (χ3n) is 4.40. The summed E-state index contributed by atoms with van der Waals surface area (Å²) < 4.78 is 2.04. The van der Waals surface area contributed by atoms with Crippen molar-refractivity contribution in [3.63, 3.8) is 0 Å². The fourth-order valence-corrected chi connectivity index (χ4v) is 3.60. The molecule has 2 aromatic carbocycles. The number of primary amides is 1. The van der Waals surface area contributed by atoms with Crippen LogP contribution in [0.15, 0.2) is 59.8 Å². The van der Waals surface area contributed by atoms with Crippen LogP contribution in [0.4, 0.5) is 5.69 Å². The molecule has 1 heterocycles. The first-order valence-corrected chi connectivity index (χ1v) is 9.93. The highest BCUT2D eigenvalue weighted by atomic mass is 32.2. The molecule has 1 fully saturated rings. The molecule has 0 atom stereocenters. The third kappa shape index (κ3) is 4.07. The molecule has 0 saturated heterocycles. The molecule has 0 bridgehead atoms. The minimum absolute atomic E-state index is 0.160. The fourth-order valence-electron chi connectivity index (χ4n) is 2.85. The van der Waals surface area contributed by atoms with Gasteiger partial charge in [0, 0.05) is 22.9 Å². The lowest BCUT2D eigenvalue weighted by Gasteiger charge is -2.10. The summed E-state index contributed by atoms with van der Waals surface area (Å²) in [6, 6.07) is 16.4. The van der Waals surface area contributed by atoms with Crippen LogP contribution in [0.1, 0.15) is 34.9 Å². The molecule has 0 spiro atoms. The van der Waals surface area contributed by atoms with E-state index in [1.807, 2.05) is 34.9 Å². The second-order valence-corrected chi connectivity index (χ2v) is 7.51. The number of amides is 2. The maximum Gasteiger partial charge on any atom is 0.248 e. The van der Waals surface area contributed by atoms with Gasteiger partial charge in [-0.25, -0.2) is 0 Å². The van der Waals surface area contributed by atoms with Gasteiger partial charge in [-0.3, -0.25) is 14.2 Å². The number of aromatic nitrogens is 3. The molecule has 28 heavy (non-hydrogen) atoms. The number of anilines is 1. The van der Waals surface area contributed by atoms with E-state index in [2.05, 4.69) is 15.5 Å². The van der Waals surface area contributed by atoms with Crippen molar-refractivity contribution in [3.05, 3.63) is 66.0 Å². The predicted molar refractivity (Wildman–Crippen MR) is 108 cm³/mol. The van der Waals surface area contributed by atoms with Crippen LogP contribution in [0.25, 0.3) is 5.69 Å². The molecule has 3 N–H and O–H groups in total. The van der Waals surface area contributed by atoms with E-state index < -0.39 is 5.91 Å². The highest BCUT2D eigenvalue weighted by Crippen LogP contribution is 2.41. The Morgan fingerprint density at radius 1 is 1.07 bits per heavy atom. The second kappa shape index (κ2) is 7.85. The van der Waals surface area contributed by atoms with Gasteiger partial charge in [-0.2, -0.15) is 0 Å². The summed E-state index contributed by atoms with van der Waals surface area (Å²) in [6.45, 7) is 0. The lowest BCUT2D eigenvalue weighted by molar-refractivity contribution is -0.113. The summed E-state index contributed by atoms with van der Waals surface area (Å²) in [5.74, 6) is 0.941. The molecule has 0 aliphatic heterocycles. The van der Waals surface area contributed by atoms with Crippen molar-refractivity contribution in [3.8, 4) is 5.69 Å². The van der Waals surface area contributed by atoms with Gasteiger partial charge in [0.25, 0.3) is 0 Å². The number of hydrogen-bond donors (Lipinski definition) is 2. The molecule has 1 aliphatic carbocycles. The van der Waals surface area contributed by atoms with E-state index in [0.29, 0.717) is 22.3 Å². The van der Waals surface area contributed by atoms with Crippen molar-refractivity contribution in [1.29, 1.82) is 0 Å². The molecule has 142 valence electrons. The molecular weight excluding hydrogens is 374 g/mol. The Morgan fingerprint density at radius 3 is 2.43 bits per heavy atom. The van der Waals surface area contributed by atoms with Gasteiger partial charge < -0.3 is 11.1 Å². The van der Waals surface area contributed by atoms with Gasteiger partial charge in [-0.15, -0.1) is 10.2 Å². The molecule has 4 rings (SSSR count). The van der Waals surface area contributed by atoms with Crippen LogP contribution in [0.3, 0.4) is 0 Å². The standard InChI is InChI=1S/C20H19N5O2S/c21-18(27)13-8-10-15(11-9-13)22-17(26)12-28-20-24-23-19(14-6-7-14)25(20)16-4-2-1-3-5-16/h1-5,8-11,14H,6-7,12H2,(H2,21,27)(H,22,26). The van der Waals surface area contributed by atoms with Crippen LogP contribution in [0.5, 0.6) is 0 Å². The summed E-state index contributed by atoms with van der Waals surface area (Å²) in [5, 5.41) is 12.2. The largest absolute Gasteiger partial charge is 0.366 e. The fraction of sp³-hybridized carbons (Fsp3) is 0.200. The Kier molecular flexibility index (Phi) is 5.12. The van der Waals surface area contributed by atoms with E-state index in [9.17, 15) is 9.59 Å². The predicted octanol–water partition coefficient (Wildman–Crippen LogP) is 2.97. The first-order valence-electron chi connectivity index (χ1n) is 8.95. The van der Waals surface area contributed by atoms with E-state index in [-0.39, 0.29) is 11.7 Å². The van der Waals surface area contributed by atoms with Gasteiger partial charge in [0.1, 0.15) is 5.82 Å². The molecule has 1 aromatic heterocycles. The Morgan fingerprint density at radius 2 is 1.79 bits per heavy atom. The molecule has 0 radical (unpaired) electrons. The number of nitrogens with two attached hydrogens (primary N) is 1. The zero-order valence-electron chi connectivity index (χ0n) is 15.0. The average Bonchev–Trinajstić information content (AvgIpc) is 3.47. The number of nitrogens with one attached hydrogen (secondary N) is 1. The van der Waals surface area contributed by atoms with Crippen molar-refractivity contribution in [2.45, 2.75) is 23.9 Å². The molecule has 0 unspecified atom stereocenters. The lowest BCUT2D eigenvalue weighted by Crippen LogP contribution is -2.15. The molecule has 2 amide bonds. The molecule has 1 aliphatic rings. The number of benzene rings is 2. The molecular formula is C20H19N5O2S. The highest BCUT2D eigenvalue weighted by molar-refractivity contribution is 7.99. The van der Waals surface area contributed by atoms with Crippen LogP contribution >= 0.6 is 11.8 Å². The Balaban J connectivity index is 1.45. The van der Waals surface area contributed by atoms with Crippen LogP contribution in [-0.4, -0.2) is 32.3 Å². The van der Waals surface area contributed by atoms with Crippen molar-refractivity contribution in [2.24, 2.45) is 5.73 Å². The maximum atomic E-state index is 12.3. The zero-order chi connectivity index (χ0) is 19.5. The van der Waals surface area contributed by atoms with Crippen molar-refractivity contribution in [1.82, 2.24) is 14.8 Å². The van der Waals surface area contributed by atoms with Crippen molar-refractivity contribution >= 4 is 29.3 Å². The van der Waals surface area contributed by atoms with Crippen molar-refractivity contribution < 1.29 is 9.59 Å². The topological polar surface area (TPSA) is 103 Å².